The lowest BCUT2D eigenvalue weighted by Crippen LogP contribution is -2.48. The maximum atomic E-state index is 12.6. The van der Waals surface area contributed by atoms with Gasteiger partial charge < -0.3 is 21.7 Å². The van der Waals surface area contributed by atoms with Gasteiger partial charge in [0.2, 0.25) is 0 Å². The molecule has 5 rings (SSSR count). The molecule has 1 aromatic heterocycles. The van der Waals surface area contributed by atoms with Crippen LogP contribution in [-0.4, -0.2) is 77.4 Å². The maximum Gasteiger partial charge on any atom is 0.354 e. The van der Waals surface area contributed by atoms with E-state index >= 15 is 0 Å². The van der Waals surface area contributed by atoms with Crippen LogP contribution in [0.2, 0.25) is 0 Å². The van der Waals surface area contributed by atoms with Crippen LogP contribution >= 0.6 is 0 Å². The number of amides is 2. The molecule has 176 valence electrons. The number of likely N-dealkylation sites (tertiary alicyclic amines) is 1. The van der Waals surface area contributed by atoms with Crippen LogP contribution < -0.4 is 27.8 Å². The van der Waals surface area contributed by atoms with Gasteiger partial charge in [0.05, 0.1) is 11.9 Å². The molecule has 0 radical (unpaired) electrons. The molecule has 33 heavy (non-hydrogen) atoms. The fraction of sp³-hybridized carbons (Fsp3) is 0.522. The summed E-state index contributed by atoms with van der Waals surface area (Å²) >= 11 is 0. The molecule has 3 aliphatic rings. The first-order chi connectivity index (χ1) is 16.0. The van der Waals surface area contributed by atoms with Crippen LogP contribution in [0.15, 0.2) is 41.3 Å². The van der Waals surface area contributed by atoms with Gasteiger partial charge >= 0.3 is 11.7 Å². The summed E-state index contributed by atoms with van der Waals surface area (Å²) in [5.74, 6) is 2.41. The number of rotatable bonds is 6. The quantitative estimate of drug-likeness (QED) is 0.470. The molecule has 3 heterocycles. The second-order valence-electron chi connectivity index (χ2n) is 9.25. The summed E-state index contributed by atoms with van der Waals surface area (Å²) < 4.78 is 1.46. The maximum absolute atomic E-state index is 12.6. The molecule has 0 bridgehead atoms. The van der Waals surface area contributed by atoms with Crippen LogP contribution in [0.25, 0.3) is 5.69 Å². The average Bonchev–Trinajstić information content (AvgIpc) is 3.30. The fourth-order valence-corrected chi connectivity index (χ4v) is 5.19. The van der Waals surface area contributed by atoms with Gasteiger partial charge in [0.25, 0.3) is 0 Å². The highest BCUT2D eigenvalue weighted by Gasteiger charge is 2.55. The van der Waals surface area contributed by atoms with Gasteiger partial charge in [0.15, 0.2) is 0 Å². The molecular weight excluding hydrogens is 420 g/mol. The van der Waals surface area contributed by atoms with Gasteiger partial charge in [-0.1, -0.05) is 12.1 Å². The van der Waals surface area contributed by atoms with Gasteiger partial charge in [-0.2, -0.15) is 4.98 Å². The monoisotopic (exact) mass is 452 g/mol. The van der Waals surface area contributed by atoms with Crippen molar-refractivity contribution in [1.82, 2.24) is 24.7 Å². The number of fused-ring (bicyclic) bond motifs is 1. The summed E-state index contributed by atoms with van der Waals surface area (Å²) in [6, 6.07) is 9.20. The number of nitrogens with zero attached hydrogens (tertiary/aromatic N) is 4. The third kappa shape index (κ3) is 4.65. The molecule has 2 aliphatic heterocycles. The molecule has 10 nitrogen and oxygen atoms in total. The second-order valence-corrected chi connectivity index (χ2v) is 9.25. The van der Waals surface area contributed by atoms with E-state index in [0.29, 0.717) is 19.0 Å². The number of carbonyl (C=O) groups excluding carboxylic acids is 1. The number of nitrogens with two attached hydrogens (primary N) is 2. The number of piperazine rings is 1. The molecule has 1 saturated carbocycles. The molecule has 2 amide bonds. The zero-order valence-corrected chi connectivity index (χ0v) is 18.7. The number of hydrogen-bond donors (Lipinski definition) is 4. The van der Waals surface area contributed by atoms with E-state index in [1.807, 2.05) is 24.3 Å². The van der Waals surface area contributed by atoms with Crippen LogP contribution in [0.3, 0.4) is 0 Å². The third-order valence-electron chi connectivity index (χ3n) is 7.24. The van der Waals surface area contributed by atoms with Crippen LogP contribution in [0.5, 0.6) is 0 Å². The minimum Gasteiger partial charge on any atom is -0.330 e. The van der Waals surface area contributed by atoms with Gasteiger partial charge in [0, 0.05) is 51.9 Å². The minimum absolute atomic E-state index is 0.00922. The smallest absolute Gasteiger partial charge is 0.330 e. The van der Waals surface area contributed by atoms with Crippen molar-refractivity contribution in [3.63, 3.8) is 0 Å². The van der Waals surface area contributed by atoms with E-state index < -0.39 is 5.69 Å². The zero-order valence-electron chi connectivity index (χ0n) is 18.7. The molecule has 10 heteroatoms. The summed E-state index contributed by atoms with van der Waals surface area (Å²) in [6.07, 6.45) is 2.38. The Hall–Kier alpha value is -2.79. The van der Waals surface area contributed by atoms with Crippen LogP contribution in [0, 0.1) is 17.8 Å². The average molecular weight is 453 g/mol. The summed E-state index contributed by atoms with van der Waals surface area (Å²) in [4.78, 5) is 33.0. The first-order valence-corrected chi connectivity index (χ1v) is 11.7. The van der Waals surface area contributed by atoms with Crippen LogP contribution in [0.4, 0.5) is 10.6 Å². The highest BCUT2D eigenvalue weighted by molar-refractivity contribution is 5.88. The van der Waals surface area contributed by atoms with Gasteiger partial charge in [-0.3, -0.25) is 14.8 Å². The van der Waals surface area contributed by atoms with Crippen LogP contribution in [-0.2, 0) is 6.42 Å². The lowest BCUT2D eigenvalue weighted by Gasteiger charge is -2.27. The van der Waals surface area contributed by atoms with E-state index in [9.17, 15) is 9.59 Å². The van der Waals surface area contributed by atoms with Gasteiger partial charge in [-0.25, -0.2) is 9.59 Å². The van der Waals surface area contributed by atoms with E-state index in [1.54, 1.807) is 17.2 Å². The Morgan fingerprint density at radius 3 is 2.48 bits per heavy atom. The number of urea groups is 1. The molecular formula is C23H32N8O2. The number of anilines is 1. The van der Waals surface area contributed by atoms with E-state index in [-0.39, 0.29) is 18.0 Å². The van der Waals surface area contributed by atoms with E-state index in [1.165, 1.54) is 4.57 Å². The van der Waals surface area contributed by atoms with Crippen molar-refractivity contribution in [3.05, 3.63) is 52.6 Å². The molecule has 2 aromatic rings. The number of carbonyl (C=O) groups is 1. The molecule has 3 fully saturated rings. The fourth-order valence-electron chi connectivity index (χ4n) is 5.19. The molecule has 0 spiro atoms. The molecule has 1 unspecified atom stereocenters. The van der Waals surface area contributed by atoms with Crippen molar-refractivity contribution in [3.8, 4) is 5.69 Å². The molecule has 4 atom stereocenters. The molecule has 1 aromatic carbocycles. The van der Waals surface area contributed by atoms with Crippen molar-refractivity contribution in [2.45, 2.75) is 12.6 Å². The summed E-state index contributed by atoms with van der Waals surface area (Å²) in [6.45, 7) is 5.67. The highest BCUT2D eigenvalue weighted by Crippen LogP contribution is 2.51. The lowest BCUT2D eigenvalue weighted by molar-refractivity contribution is 0.204. The number of aromatic nitrogens is 2. The Bertz CT molecular complexity index is 1040. The predicted octanol–water partition coefficient (Wildman–Crippen LogP) is -0.367. The standard InChI is InChI=1S/C23H32N8O2/c24-12-17-18-13-30(14-19(17)18)20(25)11-15-1-3-16(4-2-15)31-8-5-21(28-23(31)33)27-22(32)29-9-6-26-7-10-29/h1-5,8,17-20,26H,6-7,9-14,24-25H2,(H,27,28,32,33)/t17-,18-,19?,20-/m1/s1. The van der Waals surface area contributed by atoms with E-state index in [0.717, 1.165) is 62.2 Å². The van der Waals surface area contributed by atoms with Crippen LogP contribution in [0.1, 0.15) is 5.56 Å². The normalized spacial score (nSPS) is 25.5. The van der Waals surface area contributed by atoms with Gasteiger partial charge in [0.1, 0.15) is 5.82 Å². The first kappa shape index (κ1) is 22.0. The van der Waals surface area contributed by atoms with Crippen molar-refractivity contribution in [1.29, 1.82) is 0 Å². The summed E-state index contributed by atoms with van der Waals surface area (Å²) in [5.41, 5.74) is 13.7. The molecule has 6 N–H and O–H groups in total. The number of hydrogen-bond acceptors (Lipinski definition) is 7. The Balaban J connectivity index is 1.18. The van der Waals surface area contributed by atoms with E-state index in [2.05, 4.69) is 20.5 Å². The number of benzene rings is 1. The second kappa shape index (κ2) is 9.22. The Morgan fingerprint density at radius 1 is 1.15 bits per heavy atom. The third-order valence-corrected chi connectivity index (χ3v) is 7.24. The largest absolute Gasteiger partial charge is 0.354 e. The molecule has 2 saturated heterocycles. The predicted molar refractivity (Wildman–Crippen MR) is 126 cm³/mol. The lowest BCUT2D eigenvalue weighted by atomic mass is 10.1. The first-order valence-electron chi connectivity index (χ1n) is 11.7. The number of nitrogens with one attached hydrogen (secondary N) is 2. The van der Waals surface area contributed by atoms with Gasteiger partial charge in [-0.15, -0.1) is 0 Å². The zero-order chi connectivity index (χ0) is 22.9. The highest BCUT2D eigenvalue weighted by atomic mass is 16.2. The van der Waals surface area contributed by atoms with Crippen molar-refractivity contribution >= 4 is 11.8 Å². The van der Waals surface area contributed by atoms with Gasteiger partial charge in [-0.05, 0) is 48.1 Å². The molecule has 1 aliphatic carbocycles. The Morgan fingerprint density at radius 2 is 1.85 bits per heavy atom. The summed E-state index contributed by atoms with van der Waals surface area (Å²) in [5, 5.41) is 5.91. The van der Waals surface area contributed by atoms with E-state index in [4.69, 9.17) is 11.5 Å². The van der Waals surface area contributed by atoms with Crippen molar-refractivity contribution in [2.24, 2.45) is 29.2 Å². The topological polar surface area (TPSA) is 135 Å². The summed E-state index contributed by atoms with van der Waals surface area (Å²) in [7, 11) is 0. The minimum atomic E-state index is -0.441. The Labute approximate surface area is 192 Å². The number of piperidine rings is 1. The Kier molecular flexibility index (Phi) is 6.15. The van der Waals surface area contributed by atoms with Crippen molar-refractivity contribution < 1.29 is 4.79 Å². The SMILES string of the molecule is NC[C@H]1C2CN([C@@H](N)Cc3ccc(-n4ccc(NC(=O)N5CCNCC5)nc4=O)cc3)C[C@@H]21. The van der Waals surface area contributed by atoms with Crippen molar-refractivity contribution in [2.75, 3.05) is 51.1 Å².